The van der Waals surface area contributed by atoms with Gasteiger partial charge in [0, 0.05) is 41.1 Å². The number of benzene rings is 4. The summed E-state index contributed by atoms with van der Waals surface area (Å²) in [6, 6.07) is 22.0. The summed E-state index contributed by atoms with van der Waals surface area (Å²) in [6.07, 6.45) is 0.786. The Morgan fingerprint density at radius 3 is 2.30 bits per heavy atom. The number of anilines is 2. The van der Waals surface area contributed by atoms with E-state index in [2.05, 4.69) is 36.5 Å². The van der Waals surface area contributed by atoms with E-state index in [-0.39, 0.29) is 24.3 Å². The molecule has 1 aliphatic carbocycles. The molecule has 2 amide bonds. The van der Waals surface area contributed by atoms with Crippen molar-refractivity contribution in [2.75, 3.05) is 43.0 Å². The van der Waals surface area contributed by atoms with Crippen LogP contribution in [-0.4, -0.2) is 50.5 Å². The van der Waals surface area contributed by atoms with Crippen molar-refractivity contribution in [1.82, 2.24) is 0 Å². The first-order valence-corrected chi connectivity index (χ1v) is 16.7. The van der Waals surface area contributed by atoms with Crippen molar-refractivity contribution in [2.24, 2.45) is 0 Å². The molecule has 0 fully saturated rings. The van der Waals surface area contributed by atoms with Gasteiger partial charge < -0.3 is 18.9 Å². The number of methoxy groups -OCH3 is 1. The summed E-state index contributed by atoms with van der Waals surface area (Å²) in [7, 11) is 1.56. The van der Waals surface area contributed by atoms with Crippen LogP contribution in [0.2, 0.25) is 0 Å². The summed E-state index contributed by atoms with van der Waals surface area (Å²) >= 11 is 6.54. The molecule has 6 rings (SSSR count). The van der Waals surface area contributed by atoms with Gasteiger partial charge in [-0.3, -0.25) is 10.2 Å². The Morgan fingerprint density at radius 1 is 1.00 bits per heavy atom. The summed E-state index contributed by atoms with van der Waals surface area (Å²) in [4.78, 5) is 28.4. The first-order valence-electron chi connectivity index (χ1n) is 16.1. The van der Waals surface area contributed by atoms with Crippen LogP contribution in [0, 0.1) is 0 Å². The Bertz CT molecular complexity index is 1770. The highest BCUT2D eigenvalue weighted by atomic mass is 35.5. The number of alkyl halides is 1. The van der Waals surface area contributed by atoms with Crippen molar-refractivity contribution < 1.29 is 28.5 Å². The van der Waals surface area contributed by atoms with Gasteiger partial charge in [-0.1, -0.05) is 61.9 Å². The Balaban J connectivity index is 1.35. The number of unbranched alkanes of at least 4 members (excludes halogenated alkanes) is 1. The molecule has 0 bridgehead atoms. The fourth-order valence-electron chi connectivity index (χ4n) is 6.63. The normalized spacial score (nSPS) is 15.2. The minimum absolute atomic E-state index is 0.0685. The average Bonchev–Trinajstić information content (AvgIpc) is 3.58. The Kier molecular flexibility index (Phi) is 9.24. The summed E-state index contributed by atoms with van der Waals surface area (Å²) in [5.41, 5.74) is 5.86. The number of carbonyl (C=O) groups is 2. The van der Waals surface area contributed by atoms with E-state index in [1.807, 2.05) is 57.2 Å². The Hall–Kier alpha value is -4.43. The third-order valence-electron chi connectivity index (χ3n) is 8.68. The van der Waals surface area contributed by atoms with Crippen LogP contribution in [0.1, 0.15) is 69.1 Å². The zero-order valence-corrected chi connectivity index (χ0v) is 28.3. The summed E-state index contributed by atoms with van der Waals surface area (Å²) in [6.45, 7) is 8.65. The third kappa shape index (κ3) is 6.31. The summed E-state index contributed by atoms with van der Waals surface area (Å²) < 4.78 is 23.9. The van der Waals surface area contributed by atoms with Gasteiger partial charge in [-0.25, -0.2) is 9.59 Å². The van der Waals surface area contributed by atoms with Crippen LogP contribution in [0.4, 0.5) is 21.0 Å². The summed E-state index contributed by atoms with van der Waals surface area (Å²) in [5.74, 6) is 1.05. The molecule has 246 valence electrons. The zero-order chi connectivity index (χ0) is 33.3. The van der Waals surface area contributed by atoms with E-state index in [4.69, 9.17) is 30.5 Å². The predicted octanol–water partition coefficient (Wildman–Crippen LogP) is 9.47. The van der Waals surface area contributed by atoms with Crippen molar-refractivity contribution in [2.45, 2.75) is 58.0 Å². The minimum Gasteiger partial charge on any atom is -0.494 e. The molecule has 0 saturated carbocycles. The number of rotatable bonds is 9. The van der Waals surface area contributed by atoms with Gasteiger partial charge in [-0.2, -0.15) is 0 Å². The van der Waals surface area contributed by atoms with Crippen LogP contribution in [0.25, 0.3) is 21.9 Å². The minimum atomic E-state index is -0.675. The molecule has 0 aromatic heterocycles. The van der Waals surface area contributed by atoms with Crippen molar-refractivity contribution >= 4 is 45.9 Å². The van der Waals surface area contributed by atoms with Crippen LogP contribution in [0.3, 0.4) is 0 Å². The largest absolute Gasteiger partial charge is 0.494 e. The lowest BCUT2D eigenvalue weighted by Crippen LogP contribution is -2.36. The van der Waals surface area contributed by atoms with Gasteiger partial charge in [-0.05, 0) is 67.1 Å². The molecule has 1 atom stereocenters. The molecule has 0 spiro atoms. The highest BCUT2D eigenvalue weighted by Crippen LogP contribution is 2.51. The molecule has 47 heavy (non-hydrogen) atoms. The van der Waals surface area contributed by atoms with E-state index < -0.39 is 17.8 Å². The lowest BCUT2D eigenvalue weighted by molar-refractivity contribution is 0.0582. The molecule has 0 saturated heterocycles. The average molecular weight is 657 g/mol. The first kappa shape index (κ1) is 32.5. The molecule has 9 heteroatoms. The van der Waals surface area contributed by atoms with E-state index in [1.54, 1.807) is 18.1 Å². The van der Waals surface area contributed by atoms with Crippen LogP contribution in [0.15, 0.2) is 66.7 Å². The number of amides is 2. The van der Waals surface area contributed by atoms with Crippen LogP contribution < -0.4 is 19.7 Å². The molecular formula is C38H41ClN2O6. The van der Waals surface area contributed by atoms with Crippen molar-refractivity contribution in [3.63, 3.8) is 0 Å². The fraction of sp³-hybridized carbons (Fsp3) is 0.368. The van der Waals surface area contributed by atoms with Gasteiger partial charge in [-0.15, -0.1) is 11.6 Å². The lowest BCUT2D eigenvalue weighted by atomic mass is 9.94. The number of hydrogen-bond donors (Lipinski definition) is 1. The molecule has 1 N–H and O–H groups in total. The molecule has 1 heterocycles. The van der Waals surface area contributed by atoms with Crippen LogP contribution >= 0.6 is 11.6 Å². The number of nitrogens with one attached hydrogen (secondary N) is 1. The highest BCUT2D eigenvalue weighted by Gasteiger charge is 2.38. The monoisotopic (exact) mass is 656 g/mol. The molecule has 2 aliphatic rings. The number of fused-ring (bicyclic) bond motifs is 6. The number of hydrogen-bond acceptors (Lipinski definition) is 6. The Morgan fingerprint density at radius 2 is 1.68 bits per heavy atom. The van der Waals surface area contributed by atoms with E-state index >= 15 is 0 Å². The van der Waals surface area contributed by atoms with Gasteiger partial charge in [0.1, 0.15) is 18.0 Å². The lowest BCUT2D eigenvalue weighted by Gasteiger charge is -2.25. The van der Waals surface area contributed by atoms with Gasteiger partial charge in [0.25, 0.3) is 0 Å². The van der Waals surface area contributed by atoms with E-state index in [0.29, 0.717) is 36.0 Å². The standard InChI is InChI=1S/C38H41ClN2O6/c1-6-7-18-45-32-19-31-33(23(20-39)21-41(31)37(43)47-38(2,3)4)34-28(32)16-17-30(35(34)44-5)40-36(42)46-22-29-26-14-10-8-12-24(26)25-13-9-11-15-27(25)29/h8-17,19,23,29H,6-7,18,20-22H2,1-5H3,(H,40,42)/t23-/m1/s1. The maximum atomic E-state index is 13.4. The number of halogens is 1. The van der Waals surface area contributed by atoms with Crippen molar-refractivity contribution in [1.29, 1.82) is 0 Å². The number of ether oxygens (including phenoxy) is 4. The van der Waals surface area contributed by atoms with Crippen molar-refractivity contribution in [3.05, 3.63) is 83.4 Å². The third-order valence-corrected chi connectivity index (χ3v) is 9.05. The van der Waals surface area contributed by atoms with Gasteiger partial charge >= 0.3 is 12.2 Å². The maximum Gasteiger partial charge on any atom is 0.414 e. The molecule has 4 aromatic carbocycles. The van der Waals surface area contributed by atoms with Gasteiger partial charge in [0.2, 0.25) is 0 Å². The van der Waals surface area contributed by atoms with E-state index in [0.717, 1.165) is 51.4 Å². The topological polar surface area (TPSA) is 86.3 Å². The quantitative estimate of drug-likeness (QED) is 0.143. The fourth-order valence-corrected chi connectivity index (χ4v) is 6.88. The first-order chi connectivity index (χ1) is 22.6. The predicted molar refractivity (Wildman–Crippen MR) is 187 cm³/mol. The highest BCUT2D eigenvalue weighted by molar-refractivity contribution is 6.19. The van der Waals surface area contributed by atoms with Crippen molar-refractivity contribution in [3.8, 4) is 22.6 Å². The maximum absolute atomic E-state index is 13.4. The van der Waals surface area contributed by atoms with Gasteiger partial charge in [0.05, 0.1) is 25.1 Å². The molecule has 1 aliphatic heterocycles. The molecule has 8 nitrogen and oxygen atoms in total. The summed E-state index contributed by atoms with van der Waals surface area (Å²) in [5, 5.41) is 4.45. The SMILES string of the molecule is CCCCOc1cc2c(c3c(OC)c(NC(=O)OCC4c5ccccc5-c5ccccc54)ccc13)[C@H](CCl)CN2C(=O)OC(C)(C)C. The second-order valence-electron chi connectivity index (χ2n) is 13.0. The Labute approximate surface area is 280 Å². The van der Waals surface area contributed by atoms with Crippen LogP contribution in [-0.2, 0) is 9.47 Å². The smallest absolute Gasteiger partial charge is 0.414 e. The second kappa shape index (κ2) is 13.4. The van der Waals surface area contributed by atoms with Crippen LogP contribution in [0.5, 0.6) is 11.5 Å². The molecule has 0 unspecified atom stereocenters. The second-order valence-corrected chi connectivity index (χ2v) is 13.3. The van der Waals surface area contributed by atoms with E-state index in [1.165, 1.54) is 0 Å². The van der Waals surface area contributed by atoms with E-state index in [9.17, 15) is 9.59 Å². The molecular weight excluding hydrogens is 616 g/mol. The number of carbonyl (C=O) groups excluding carboxylic acids is 2. The van der Waals surface area contributed by atoms with Gasteiger partial charge in [0.15, 0.2) is 5.75 Å². The molecule has 0 radical (unpaired) electrons. The zero-order valence-electron chi connectivity index (χ0n) is 27.5. The molecule has 4 aromatic rings. The number of nitrogens with zero attached hydrogens (tertiary/aromatic N) is 1.